The first-order valence-electron chi connectivity index (χ1n) is 5.85. The second-order valence-corrected chi connectivity index (χ2v) is 4.13. The molecular formula is C15H13FN2O. The van der Waals surface area contributed by atoms with Crippen molar-refractivity contribution in [2.75, 3.05) is 5.32 Å². The zero-order chi connectivity index (χ0) is 13.7. The van der Waals surface area contributed by atoms with E-state index in [9.17, 15) is 4.39 Å². The van der Waals surface area contributed by atoms with E-state index in [1.807, 2.05) is 24.3 Å². The number of nitriles is 1. The highest BCUT2D eigenvalue weighted by molar-refractivity contribution is 5.46. The summed E-state index contributed by atoms with van der Waals surface area (Å²) in [7, 11) is 0. The van der Waals surface area contributed by atoms with Crippen LogP contribution in [0.1, 0.15) is 16.7 Å². The molecule has 19 heavy (non-hydrogen) atoms. The summed E-state index contributed by atoms with van der Waals surface area (Å²) in [5.41, 5.74) is 2.46. The number of anilines is 1. The number of rotatable bonds is 4. The fourth-order valence-electron chi connectivity index (χ4n) is 1.76. The lowest BCUT2D eigenvalue weighted by Crippen LogP contribution is -2.02. The molecule has 0 saturated heterocycles. The van der Waals surface area contributed by atoms with E-state index in [-0.39, 0.29) is 19.0 Å². The van der Waals surface area contributed by atoms with Crippen LogP contribution in [-0.4, -0.2) is 5.11 Å². The van der Waals surface area contributed by atoms with Crippen molar-refractivity contribution in [1.29, 1.82) is 5.26 Å². The van der Waals surface area contributed by atoms with Gasteiger partial charge in [0.1, 0.15) is 5.82 Å². The van der Waals surface area contributed by atoms with E-state index >= 15 is 0 Å². The Morgan fingerprint density at radius 2 is 2.05 bits per heavy atom. The molecule has 2 rings (SSSR count). The quantitative estimate of drug-likeness (QED) is 0.884. The summed E-state index contributed by atoms with van der Waals surface area (Å²) in [6.45, 7) is 0.254. The van der Waals surface area contributed by atoms with Gasteiger partial charge in [-0.3, -0.25) is 0 Å². The average Bonchev–Trinajstić information content (AvgIpc) is 2.46. The van der Waals surface area contributed by atoms with Gasteiger partial charge < -0.3 is 10.4 Å². The first kappa shape index (κ1) is 13.1. The molecule has 2 aromatic carbocycles. The molecule has 96 valence electrons. The van der Waals surface area contributed by atoms with E-state index in [0.717, 1.165) is 11.3 Å². The van der Waals surface area contributed by atoms with Crippen molar-refractivity contribution < 1.29 is 9.50 Å². The van der Waals surface area contributed by atoms with Crippen LogP contribution >= 0.6 is 0 Å². The molecule has 0 aliphatic carbocycles. The molecule has 3 nitrogen and oxygen atoms in total. The molecule has 0 atom stereocenters. The maximum atomic E-state index is 13.6. The number of hydrogen-bond donors (Lipinski definition) is 2. The number of hydrogen-bond acceptors (Lipinski definition) is 3. The maximum Gasteiger partial charge on any atom is 0.128 e. The minimum Gasteiger partial charge on any atom is -0.392 e. The van der Waals surface area contributed by atoms with E-state index < -0.39 is 0 Å². The lowest BCUT2D eigenvalue weighted by Gasteiger charge is -2.09. The predicted molar refractivity (Wildman–Crippen MR) is 70.8 cm³/mol. The van der Waals surface area contributed by atoms with Crippen LogP contribution < -0.4 is 5.32 Å². The van der Waals surface area contributed by atoms with E-state index in [0.29, 0.717) is 11.1 Å². The third-order valence-corrected chi connectivity index (χ3v) is 2.77. The molecule has 0 aliphatic rings. The number of nitrogens with zero attached hydrogens (tertiary/aromatic N) is 1. The van der Waals surface area contributed by atoms with Gasteiger partial charge in [0.15, 0.2) is 0 Å². The molecule has 0 amide bonds. The molecule has 0 spiro atoms. The Hall–Kier alpha value is -2.38. The molecule has 2 N–H and O–H groups in total. The number of halogens is 1. The maximum absolute atomic E-state index is 13.6. The molecule has 2 aromatic rings. The second kappa shape index (κ2) is 5.98. The zero-order valence-electron chi connectivity index (χ0n) is 10.2. The van der Waals surface area contributed by atoms with E-state index in [4.69, 9.17) is 10.4 Å². The summed E-state index contributed by atoms with van der Waals surface area (Å²) in [5.74, 6) is -0.343. The van der Waals surface area contributed by atoms with Gasteiger partial charge in [0.25, 0.3) is 0 Å². The summed E-state index contributed by atoms with van der Waals surface area (Å²) in [6, 6.07) is 13.5. The number of aliphatic hydroxyl groups is 1. The van der Waals surface area contributed by atoms with Crippen LogP contribution in [0.3, 0.4) is 0 Å². The van der Waals surface area contributed by atoms with Gasteiger partial charge in [0.2, 0.25) is 0 Å². The van der Waals surface area contributed by atoms with E-state index in [1.165, 1.54) is 18.2 Å². The van der Waals surface area contributed by atoms with Crippen molar-refractivity contribution in [3.63, 3.8) is 0 Å². The highest BCUT2D eigenvalue weighted by atomic mass is 19.1. The molecule has 0 aromatic heterocycles. The van der Waals surface area contributed by atoms with Crippen molar-refractivity contribution in [3.8, 4) is 6.07 Å². The summed E-state index contributed by atoms with van der Waals surface area (Å²) in [5, 5.41) is 20.9. The SMILES string of the molecule is N#Cc1ccc(F)c(CNc2cccc(CO)c2)c1. The van der Waals surface area contributed by atoms with Gasteiger partial charge >= 0.3 is 0 Å². The number of nitrogens with one attached hydrogen (secondary N) is 1. The van der Waals surface area contributed by atoms with Crippen molar-refractivity contribution >= 4 is 5.69 Å². The van der Waals surface area contributed by atoms with E-state index in [1.54, 1.807) is 6.07 Å². The fourth-order valence-corrected chi connectivity index (χ4v) is 1.76. The van der Waals surface area contributed by atoms with Crippen molar-refractivity contribution in [2.24, 2.45) is 0 Å². The lowest BCUT2D eigenvalue weighted by atomic mass is 10.1. The van der Waals surface area contributed by atoms with Gasteiger partial charge in [-0.05, 0) is 35.9 Å². The topological polar surface area (TPSA) is 56.0 Å². The van der Waals surface area contributed by atoms with Crippen LogP contribution in [0.4, 0.5) is 10.1 Å². The minimum absolute atomic E-state index is 0.0339. The summed E-state index contributed by atoms with van der Waals surface area (Å²) in [4.78, 5) is 0. The molecule has 0 aliphatic heterocycles. The smallest absolute Gasteiger partial charge is 0.128 e. The molecule has 0 radical (unpaired) electrons. The third kappa shape index (κ3) is 3.30. The molecule has 0 unspecified atom stereocenters. The highest BCUT2D eigenvalue weighted by Gasteiger charge is 2.03. The van der Waals surface area contributed by atoms with Gasteiger partial charge in [-0.1, -0.05) is 12.1 Å². The Morgan fingerprint density at radius 3 is 2.79 bits per heavy atom. The Kier molecular flexibility index (Phi) is 4.11. The molecule has 0 saturated carbocycles. The van der Waals surface area contributed by atoms with Gasteiger partial charge in [-0.2, -0.15) is 5.26 Å². The first-order valence-corrected chi connectivity index (χ1v) is 5.85. The average molecular weight is 256 g/mol. The van der Waals surface area contributed by atoms with Crippen molar-refractivity contribution in [3.05, 3.63) is 65.0 Å². The number of aliphatic hydroxyl groups excluding tert-OH is 1. The van der Waals surface area contributed by atoms with Crippen LogP contribution in [0.15, 0.2) is 42.5 Å². The van der Waals surface area contributed by atoms with E-state index in [2.05, 4.69) is 5.32 Å². The first-order chi connectivity index (χ1) is 9.22. The highest BCUT2D eigenvalue weighted by Crippen LogP contribution is 2.15. The van der Waals surface area contributed by atoms with Crippen molar-refractivity contribution in [2.45, 2.75) is 13.2 Å². The zero-order valence-corrected chi connectivity index (χ0v) is 10.2. The monoisotopic (exact) mass is 256 g/mol. The van der Waals surface area contributed by atoms with Crippen LogP contribution in [0.25, 0.3) is 0 Å². The fraction of sp³-hybridized carbons (Fsp3) is 0.133. The Morgan fingerprint density at radius 1 is 1.21 bits per heavy atom. The van der Waals surface area contributed by atoms with Gasteiger partial charge in [-0.25, -0.2) is 4.39 Å². The summed E-state index contributed by atoms with van der Waals surface area (Å²) >= 11 is 0. The second-order valence-electron chi connectivity index (χ2n) is 4.13. The Balaban J connectivity index is 2.12. The normalized spacial score (nSPS) is 9.95. The molecular weight excluding hydrogens is 243 g/mol. The van der Waals surface area contributed by atoms with Gasteiger partial charge in [0, 0.05) is 17.8 Å². The predicted octanol–water partition coefficient (Wildman–Crippen LogP) is 2.80. The summed E-state index contributed by atoms with van der Waals surface area (Å²) < 4.78 is 13.6. The van der Waals surface area contributed by atoms with Crippen LogP contribution in [0, 0.1) is 17.1 Å². The Labute approximate surface area is 110 Å². The van der Waals surface area contributed by atoms with Crippen LogP contribution in [0.5, 0.6) is 0 Å². The minimum atomic E-state index is -0.343. The number of benzene rings is 2. The Bertz CT molecular complexity index is 620. The summed E-state index contributed by atoms with van der Waals surface area (Å²) in [6.07, 6.45) is 0. The van der Waals surface area contributed by atoms with Gasteiger partial charge in [0.05, 0.1) is 18.2 Å². The largest absolute Gasteiger partial charge is 0.392 e. The molecule has 4 heteroatoms. The third-order valence-electron chi connectivity index (χ3n) is 2.77. The standard InChI is InChI=1S/C15H13FN2O/c16-15-5-4-11(8-17)6-13(15)9-18-14-3-1-2-12(7-14)10-19/h1-7,18-19H,9-10H2. The molecule has 0 heterocycles. The van der Waals surface area contributed by atoms with Crippen LogP contribution in [-0.2, 0) is 13.2 Å². The van der Waals surface area contributed by atoms with Gasteiger partial charge in [-0.15, -0.1) is 0 Å². The van der Waals surface area contributed by atoms with Crippen LogP contribution in [0.2, 0.25) is 0 Å². The molecule has 0 bridgehead atoms. The lowest BCUT2D eigenvalue weighted by molar-refractivity contribution is 0.282. The van der Waals surface area contributed by atoms with Crippen molar-refractivity contribution in [1.82, 2.24) is 0 Å². The molecule has 0 fully saturated rings.